The molecule has 0 radical (unpaired) electrons. The van der Waals surface area contributed by atoms with Crippen LogP contribution in [0.25, 0.3) is 0 Å². The van der Waals surface area contributed by atoms with E-state index in [0.717, 1.165) is 18.2 Å². The van der Waals surface area contributed by atoms with Gasteiger partial charge in [-0.05, 0) is 55.7 Å². The number of hydrogen-bond acceptors (Lipinski definition) is 5. The first-order valence-electron chi connectivity index (χ1n) is 9.32. The monoisotopic (exact) mass is 478 g/mol. The molecule has 0 saturated carbocycles. The minimum atomic E-state index is -4.66. The molecule has 0 spiro atoms. The van der Waals surface area contributed by atoms with Crippen molar-refractivity contribution in [1.29, 1.82) is 0 Å². The first-order valence-corrected chi connectivity index (χ1v) is 12.2. The van der Waals surface area contributed by atoms with Crippen LogP contribution in [-0.2, 0) is 20.0 Å². The van der Waals surface area contributed by atoms with Crippen LogP contribution in [0.3, 0.4) is 0 Å². The lowest BCUT2D eigenvalue weighted by Gasteiger charge is -2.19. The SMILES string of the molecule is Cc1cccc(S(=O)(=O)Nc2cc(S(=O)(=O)N3CCCC3)ccc2OCC(F)(F)F)c1. The zero-order chi connectivity index (χ0) is 22.9. The molecule has 1 saturated heterocycles. The van der Waals surface area contributed by atoms with Crippen LogP contribution in [0.5, 0.6) is 5.75 Å². The van der Waals surface area contributed by atoms with Crippen LogP contribution in [-0.4, -0.2) is 47.0 Å². The molecule has 0 aromatic heterocycles. The van der Waals surface area contributed by atoms with E-state index in [2.05, 4.69) is 4.72 Å². The molecule has 1 aliphatic rings. The first-order chi connectivity index (χ1) is 14.4. The highest BCUT2D eigenvalue weighted by molar-refractivity contribution is 7.92. The Labute approximate surface area is 178 Å². The zero-order valence-corrected chi connectivity index (χ0v) is 18.1. The quantitative estimate of drug-likeness (QED) is 0.657. The molecule has 0 unspecified atom stereocenters. The van der Waals surface area contributed by atoms with Crippen LogP contribution in [0.2, 0.25) is 0 Å². The number of aryl methyl sites for hydroxylation is 1. The first kappa shape index (κ1) is 23.4. The number of nitrogens with one attached hydrogen (secondary N) is 1. The summed E-state index contributed by atoms with van der Waals surface area (Å²) in [6.07, 6.45) is -3.27. The van der Waals surface area contributed by atoms with E-state index < -0.39 is 44.3 Å². The third-order valence-electron chi connectivity index (χ3n) is 4.59. The smallest absolute Gasteiger partial charge is 0.422 e. The van der Waals surface area contributed by atoms with Gasteiger partial charge in [0.2, 0.25) is 10.0 Å². The Balaban J connectivity index is 2.01. The van der Waals surface area contributed by atoms with Gasteiger partial charge in [-0.15, -0.1) is 0 Å². The van der Waals surface area contributed by atoms with Gasteiger partial charge in [0.25, 0.3) is 10.0 Å². The van der Waals surface area contributed by atoms with Gasteiger partial charge in [0.1, 0.15) is 5.75 Å². The van der Waals surface area contributed by atoms with Gasteiger partial charge in [-0.2, -0.15) is 17.5 Å². The second kappa shape index (κ2) is 8.67. The molecule has 0 bridgehead atoms. The number of ether oxygens (including phenoxy) is 1. The van der Waals surface area contributed by atoms with E-state index in [4.69, 9.17) is 4.74 Å². The Morgan fingerprint density at radius 1 is 1.00 bits per heavy atom. The van der Waals surface area contributed by atoms with Crippen molar-refractivity contribution in [2.45, 2.75) is 35.7 Å². The molecule has 1 heterocycles. The highest BCUT2D eigenvalue weighted by Gasteiger charge is 2.31. The summed E-state index contributed by atoms with van der Waals surface area (Å²) in [7, 11) is -8.14. The van der Waals surface area contributed by atoms with Gasteiger partial charge in [0.05, 0.1) is 15.5 Å². The van der Waals surface area contributed by atoms with Gasteiger partial charge in [0, 0.05) is 13.1 Å². The average Bonchev–Trinajstić information content (AvgIpc) is 3.21. The van der Waals surface area contributed by atoms with E-state index >= 15 is 0 Å². The summed E-state index contributed by atoms with van der Waals surface area (Å²) in [5.74, 6) is -0.436. The van der Waals surface area contributed by atoms with Crippen LogP contribution in [0.4, 0.5) is 18.9 Å². The molecule has 170 valence electrons. The fraction of sp³-hybridized carbons (Fsp3) is 0.368. The minimum Gasteiger partial charge on any atom is -0.482 e. The van der Waals surface area contributed by atoms with Gasteiger partial charge in [-0.1, -0.05) is 12.1 Å². The number of anilines is 1. The number of sulfonamides is 2. The largest absolute Gasteiger partial charge is 0.482 e. The van der Waals surface area contributed by atoms with E-state index in [0.29, 0.717) is 31.5 Å². The fourth-order valence-corrected chi connectivity index (χ4v) is 5.81. The van der Waals surface area contributed by atoms with Crippen molar-refractivity contribution in [3.05, 3.63) is 48.0 Å². The second-order valence-corrected chi connectivity index (χ2v) is 10.7. The Hall–Kier alpha value is -2.31. The maximum atomic E-state index is 12.8. The Bertz CT molecular complexity index is 1160. The molecule has 2 aromatic rings. The third kappa shape index (κ3) is 5.69. The molecule has 12 heteroatoms. The lowest BCUT2D eigenvalue weighted by molar-refractivity contribution is -0.153. The van der Waals surface area contributed by atoms with Gasteiger partial charge in [0.15, 0.2) is 6.61 Å². The molecule has 7 nitrogen and oxygen atoms in total. The molecule has 2 aromatic carbocycles. The molecule has 0 aliphatic carbocycles. The van der Waals surface area contributed by atoms with Crippen LogP contribution in [0, 0.1) is 6.92 Å². The van der Waals surface area contributed by atoms with Crippen molar-refractivity contribution in [1.82, 2.24) is 4.31 Å². The van der Waals surface area contributed by atoms with Crippen molar-refractivity contribution < 1.29 is 34.7 Å². The fourth-order valence-electron chi connectivity index (χ4n) is 3.10. The second-order valence-electron chi connectivity index (χ2n) is 7.10. The molecule has 1 aliphatic heterocycles. The normalized spacial score (nSPS) is 15.7. The van der Waals surface area contributed by atoms with Crippen molar-refractivity contribution >= 4 is 25.7 Å². The predicted molar refractivity (Wildman–Crippen MR) is 108 cm³/mol. The highest BCUT2D eigenvalue weighted by Crippen LogP contribution is 2.33. The van der Waals surface area contributed by atoms with Crippen molar-refractivity contribution in [3.63, 3.8) is 0 Å². The summed E-state index contributed by atoms with van der Waals surface area (Å²) in [5.41, 5.74) is 0.257. The molecule has 31 heavy (non-hydrogen) atoms. The molecular weight excluding hydrogens is 457 g/mol. The number of nitrogens with zero attached hydrogens (tertiary/aromatic N) is 1. The van der Waals surface area contributed by atoms with E-state index in [1.165, 1.54) is 22.5 Å². The average molecular weight is 479 g/mol. The zero-order valence-electron chi connectivity index (χ0n) is 16.5. The Morgan fingerprint density at radius 3 is 2.29 bits per heavy atom. The van der Waals surface area contributed by atoms with Gasteiger partial charge >= 0.3 is 6.18 Å². The molecule has 1 N–H and O–H groups in total. The number of rotatable bonds is 7. The molecular formula is C19H21F3N2O5S2. The van der Waals surface area contributed by atoms with E-state index in [1.54, 1.807) is 13.0 Å². The van der Waals surface area contributed by atoms with Crippen molar-refractivity contribution in [3.8, 4) is 5.75 Å². The molecule has 0 atom stereocenters. The van der Waals surface area contributed by atoms with E-state index in [1.807, 2.05) is 0 Å². The minimum absolute atomic E-state index is 0.123. The van der Waals surface area contributed by atoms with Crippen LogP contribution >= 0.6 is 0 Å². The number of hydrogen-bond donors (Lipinski definition) is 1. The summed E-state index contributed by atoms with van der Waals surface area (Å²) in [5, 5.41) is 0. The van der Waals surface area contributed by atoms with Crippen molar-refractivity contribution in [2.75, 3.05) is 24.4 Å². The van der Waals surface area contributed by atoms with Gasteiger partial charge in [-0.3, -0.25) is 4.72 Å². The highest BCUT2D eigenvalue weighted by atomic mass is 32.2. The third-order valence-corrected chi connectivity index (χ3v) is 7.85. The van der Waals surface area contributed by atoms with Crippen LogP contribution in [0.1, 0.15) is 18.4 Å². The van der Waals surface area contributed by atoms with E-state index in [9.17, 15) is 30.0 Å². The summed E-state index contributed by atoms with van der Waals surface area (Å²) in [6, 6.07) is 8.98. The summed E-state index contributed by atoms with van der Waals surface area (Å²) in [4.78, 5) is -0.363. The maximum Gasteiger partial charge on any atom is 0.422 e. The summed E-state index contributed by atoms with van der Waals surface area (Å²) >= 11 is 0. The number of benzene rings is 2. The maximum absolute atomic E-state index is 12.8. The molecule has 0 amide bonds. The predicted octanol–water partition coefficient (Wildman–Crippen LogP) is 3.52. The topological polar surface area (TPSA) is 92.8 Å². The molecule has 3 rings (SSSR count). The lowest BCUT2D eigenvalue weighted by Crippen LogP contribution is -2.28. The number of halogens is 3. The lowest BCUT2D eigenvalue weighted by atomic mass is 10.2. The van der Waals surface area contributed by atoms with Crippen molar-refractivity contribution in [2.24, 2.45) is 0 Å². The van der Waals surface area contributed by atoms with Gasteiger partial charge in [-0.25, -0.2) is 16.8 Å². The van der Waals surface area contributed by atoms with Crippen LogP contribution in [0.15, 0.2) is 52.3 Å². The summed E-state index contributed by atoms with van der Waals surface area (Å²) in [6.45, 7) is 0.655. The van der Waals surface area contributed by atoms with Crippen LogP contribution < -0.4 is 9.46 Å². The Morgan fingerprint density at radius 2 is 1.68 bits per heavy atom. The standard InChI is InChI=1S/C19H21F3N2O5S2/c1-14-5-4-6-15(11-14)30(25,26)23-17-12-16(31(27,28)24-9-2-3-10-24)7-8-18(17)29-13-19(20,21)22/h4-8,11-12,23H,2-3,9-10,13H2,1H3. The molecule has 1 fully saturated rings. The van der Waals surface area contributed by atoms with E-state index in [-0.39, 0.29) is 9.79 Å². The van der Waals surface area contributed by atoms with Gasteiger partial charge < -0.3 is 4.74 Å². The Kier molecular flexibility index (Phi) is 6.53. The summed E-state index contributed by atoms with van der Waals surface area (Å²) < 4.78 is 97.2. The number of alkyl halides is 3.